The fraction of sp³-hybridized carbons (Fsp3) is 0.556. The molecule has 1 aromatic rings. The van der Waals surface area contributed by atoms with Gasteiger partial charge in [-0.05, 0) is 24.5 Å². The molecule has 140 valence electrons. The summed E-state index contributed by atoms with van der Waals surface area (Å²) in [6, 6.07) is 3.11. The van der Waals surface area contributed by atoms with Crippen LogP contribution in [-0.4, -0.2) is 48.7 Å². The highest BCUT2D eigenvalue weighted by Crippen LogP contribution is 2.36. The van der Waals surface area contributed by atoms with Crippen molar-refractivity contribution in [2.75, 3.05) is 26.8 Å². The summed E-state index contributed by atoms with van der Waals surface area (Å²) in [6.45, 7) is 7.00. The third-order valence-electron chi connectivity index (χ3n) is 3.40. The number of halogens is 1. The third kappa shape index (κ3) is 6.46. The maximum atomic E-state index is 12.8. The largest absolute Gasteiger partial charge is 0.493 e. The maximum absolute atomic E-state index is 12.8. The average Bonchev–Trinajstić information content (AvgIpc) is 2.55. The molecular formula is C18H26ClNO5. The smallest absolute Gasteiger partial charge is 0.305 e. The van der Waals surface area contributed by atoms with Crippen molar-refractivity contribution >= 4 is 23.5 Å². The normalized spacial score (nSPS) is 10.6. The highest BCUT2D eigenvalue weighted by Gasteiger charge is 2.21. The number of hydrogen-bond acceptors (Lipinski definition) is 4. The van der Waals surface area contributed by atoms with E-state index in [1.54, 1.807) is 6.07 Å². The van der Waals surface area contributed by atoms with Crippen LogP contribution >= 0.6 is 11.6 Å². The summed E-state index contributed by atoms with van der Waals surface area (Å²) in [5.74, 6) is -0.226. The van der Waals surface area contributed by atoms with Gasteiger partial charge in [-0.2, -0.15) is 0 Å². The summed E-state index contributed by atoms with van der Waals surface area (Å²) in [5, 5.41) is 9.19. The van der Waals surface area contributed by atoms with Gasteiger partial charge in [-0.25, -0.2) is 0 Å². The van der Waals surface area contributed by atoms with Gasteiger partial charge in [0.25, 0.3) is 5.91 Å². The van der Waals surface area contributed by atoms with Gasteiger partial charge in [0.2, 0.25) is 0 Å². The third-order valence-corrected chi connectivity index (χ3v) is 3.68. The summed E-state index contributed by atoms with van der Waals surface area (Å²) in [5.41, 5.74) is 0.344. The molecule has 0 bridgehead atoms. The van der Waals surface area contributed by atoms with E-state index in [9.17, 15) is 9.59 Å². The lowest BCUT2D eigenvalue weighted by Gasteiger charge is -2.24. The Morgan fingerprint density at radius 2 is 2.00 bits per heavy atom. The van der Waals surface area contributed by atoms with Crippen molar-refractivity contribution in [2.45, 2.75) is 33.6 Å². The number of methoxy groups -OCH3 is 1. The van der Waals surface area contributed by atoms with Gasteiger partial charge >= 0.3 is 5.97 Å². The highest BCUT2D eigenvalue weighted by atomic mass is 35.5. The average molecular weight is 372 g/mol. The van der Waals surface area contributed by atoms with Gasteiger partial charge in [0, 0.05) is 18.7 Å². The molecule has 0 heterocycles. The molecule has 25 heavy (non-hydrogen) atoms. The monoisotopic (exact) mass is 371 g/mol. The van der Waals surface area contributed by atoms with Crippen LogP contribution in [0, 0.1) is 5.92 Å². The zero-order chi connectivity index (χ0) is 19.0. The summed E-state index contributed by atoms with van der Waals surface area (Å²) in [7, 11) is 1.48. The molecule has 0 saturated carbocycles. The highest BCUT2D eigenvalue weighted by molar-refractivity contribution is 6.32. The first-order valence-corrected chi connectivity index (χ1v) is 8.69. The van der Waals surface area contributed by atoms with Gasteiger partial charge in [0.1, 0.15) is 0 Å². The van der Waals surface area contributed by atoms with Gasteiger partial charge in [-0.15, -0.1) is 0 Å². The Morgan fingerprint density at radius 3 is 2.52 bits per heavy atom. The number of rotatable bonds is 10. The minimum absolute atomic E-state index is 0.110. The number of carbonyl (C=O) groups is 2. The topological polar surface area (TPSA) is 76.1 Å². The number of amides is 1. The summed E-state index contributed by atoms with van der Waals surface area (Å²) < 4.78 is 10.9. The van der Waals surface area contributed by atoms with Crippen molar-refractivity contribution in [3.05, 3.63) is 22.7 Å². The molecule has 1 N–H and O–H groups in total. The number of nitrogens with zero attached hydrogens (tertiary/aromatic N) is 1. The van der Waals surface area contributed by atoms with E-state index in [1.807, 2.05) is 20.8 Å². The van der Waals surface area contributed by atoms with Crippen LogP contribution in [0.1, 0.15) is 44.0 Å². The Labute approximate surface area is 153 Å². The summed E-state index contributed by atoms with van der Waals surface area (Å²) in [4.78, 5) is 25.2. The fourth-order valence-corrected chi connectivity index (χ4v) is 2.58. The van der Waals surface area contributed by atoms with Gasteiger partial charge in [-0.1, -0.05) is 32.4 Å². The molecule has 7 heteroatoms. The summed E-state index contributed by atoms with van der Waals surface area (Å²) in [6.07, 6.45) is 0.707. The van der Waals surface area contributed by atoms with Crippen LogP contribution < -0.4 is 9.47 Å². The predicted octanol–water partition coefficient (Wildman–Crippen LogP) is 3.71. The quantitative estimate of drug-likeness (QED) is 0.678. The first kappa shape index (κ1) is 21.1. The van der Waals surface area contributed by atoms with E-state index in [4.69, 9.17) is 26.2 Å². The van der Waals surface area contributed by atoms with Crippen LogP contribution in [0.4, 0.5) is 0 Å². The Bertz CT molecular complexity index is 603. The van der Waals surface area contributed by atoms with Crippen LogP contribution in [0.25, 0.3) is 0 Å². The molecule has 1 aromatic carbocycles. The van der Waals surface area contributed by atoms with Crippen molar-refractivity contribution in [1.82, 2.24) is 4.90 Å². The van der Waals surface area contributed by atoms with E-state index >= 15 is 0 Å². The molecule has 0 radical (unpaired) electrons. The van der Waals surface area contributed by atoms with Gasteiger partial charge in [0.15, 0.2) is 11.5 Å². The number of carboxylic acids is 1. The molecule has 0 aliphatic heterocycles. The van der Waals surface area contributed by atoms with Gasteiger partial charge < -0.3 is 19.5 Å². The van der Waals surface area contributed by atoms with Crippen LogP contribution in [0.5, 0.6) is 11.5 Å². The van der Waals surface area contributed by atoms with Crippen LogP contribution in [0.2, 0.25) is 5.02 Å². The maximum Gasteiger partial charge on any atom is 0.305 e. The predicted molar refractivity (Wildman–Crippen MR) is 96.8 cm³/mol. The Morgan fingerprint density at radius 1 is 1.32 bits per heavy atom. The zero-order valence-corrected chi connectivity index (χ0v) is 15.9. The fourth-order valence-electron chi connectivity index (χ4n) is 2.32. The zero-order valence-electron chi connectivity index (χ0n) is 15.2. The Kier molecular flexibility index (Phi) is 8.55. The number of carbonyl (C=O) groups excluding carboxylic acids is 1. The molecule has 0 atom stereocenters. The SMILES string of the molecule is CCCOc1c(Cl)cc(C(=O)N(CCC(=O)O)CC(C)C)cc1OC. The number of hydrogen-bond donors (Lipinski definition) is 1. The van der Waals surface area contributed by atoms with Crippen molar-refractivity contribution in [2.24, 2.45) is 5.92 Å². The van der Waals surface area contributed by atoms with Crippen LogP contribution in [0.3, 0.4) is 0 Å². The standard InChI is InChI=1S/C18H26ClNO5/c1-5-8-25-17-14(19)9-13(10-15(17)24-4)18(23)20(11-12(2)3)7-6-16(21)22/h9-10,12H,5-8,11H2,1-4H3,(H,21,22). The second kappa shape index (κ2) is 10.1. The molecule has 1 rings (SSSR count). The second-order valence-electron chi connectivity index (χ2n) is 6.13. The molecule has 0 spiro atoms. The van der Waals surface area contributed by atoms with Crippen molar-refractivity contribution in [3.63, 3.8) is 0 Å². The first-order valence-electron chi connectivity index (χ1n) is 8.31. The lowest BCUT2D eigenvalue weighted by Crippen LogP contribution is -2.36. The van der Waals surface area contributed by atoms with Crippen molar-refractivity contribution in [3.8, 4) is 11.5 Å². The van der Waals surface area contributed by atoms with E-state index in [2.05, 4.69) is 0 Å². The number of aliphatic carboxylic acids is 1. The molecule has 1 amide bonds. The van der Waals surface area contributed by atoms with E-state index in [0.717, 1.165) is 6.42 Å². The molecule has 0 unspecified atom stereocenters. The molecule has 0 aliphatic rings. The molecular weight excluding hydrogens is 346 g/mol. The van der Waals surface area contributed by atoms with Gasteiger partial charge in [-0.3, -0.25) is 9.59 Å². The van der Waals surface area contributed by atoms with Crippen LogP contribution in [0.15, 0.2) is 12.1 Å². The van der Waals surface area contributed by atoms with E-state index in [0.29, 0.717) is 35.2 Å². The molecule has 0 fully saturated rings. The Balaban J connectivity index is 3.11. The van der Waals surface area contributed by atoms with Crippen LogP contribution in [-0.2, 0) is 4.79 Å². The van der Waals surface area contributed by atoms with E-state index < -0.39 is 5.97 Å². The lowest BCUT2D eigenvalue weighted by atomic mass is 10.1. The van der Waals surface area contributed by atoms with E-state index in [-0.39, 0.29) is 24.8 Å². The number of carboxylic acid groups (broad SMARTS) is 1. The molecule has 6 nitrogen and oxygen atoms in total. The minimum atomic E-state index is -0.944. The number of ether oxygens (including phenoxy) is 2. The van der Waals surface area contributed by atoms with E-state index in [1.165, 1.54) is 18.1 Å². The molecule has 0 aromatic heterocycles. The molecule has 0 saturated heterocycles. The number of benzene rings is 1. The minimum Gasteiger partial charge on any atom is -0.493 e. The molecule has 0 aliphatic carbocycles. The lowest BCUT2D eigenvalue weighted by molar-refractivity contribution is -0.137. The Hall–Kier alpha value is -1.95. The van der Waals surface area contributed by atoms with Crippen molar-refractivity contribution in [1.29, 1.82) is 0 Å². The second-order valence-corrected chi connectivity index (χ2v) is 6.53. The summed E-state index contributed by atoms with van der Waals surface area (Å²) >= 11 is 6.26. The van der Waals surface area contributed by atoms with Crippen molar-refractivity contribution < 1.29 is 24.2 Å². The first-order chi connectivity index (χ1) is 11.8. The van der Waals surface area contributed by atoms with Gasteiger partial charge in [0.05, 0.1) is 25.2 Å².